The quantitative estimate of drug-likeness (QED) is 0.280. The number of nitrogens with zero attached hydrogens (tertiary/aromatic N) is 1. The fourth-order valence-electron chi connectivity index (χ4n) is 5.41. The average Bonchev–Trinajstić information content (AvgIpc) is 3.10. The number of hydrogen-bond acceptors (Lipinski definition) is 1. The van der Waals surface area contributed by atoms with Gasteiger partial charge in [0.2, 0.25) is 0 Å². The maximum Gasteiger partial charge on any atom is 0.0487 e. The minimum absolute atomic E-state index is 0.000635. The van der Waals surface area contributed by atoms with Gasteiger partial charge in [0.05, 0.1) is 0 Å². The fourth-order valence-corrected chi connectivity index (χ4v) is 5.41. The van der Waals surface area contributed by atoms with E-state index in [-0.39, 0.29) is 5.41 Å². The lowest BCUT2D eigenvalue weighted by atomic mass is 9.82. The van der Waals surface area contributed by atoms with Gasteiger partial charge in [0.25, 0.3) is 0 Å². The summed E-state index contributed by atoms with van der Waals surface area (Å²) >= 11 is 0. The molecule has 6 rings (SSSR count). The van der Waals surface area contributed by atoms with Crippen LogP contribution in [0.15, 0.2) is 109 Å². The van der Waals surface area contributed by atoms with Crippen LogP contribution in [-0.4, -0.2) is 7.05 Å². The van der Waals surface area contributed by atoms with Gasteiger partial charge >= 0.3 is 0 Å². The van der Waals surface area contributed by atoms with Crippen LogP contribution in [0.3, 0.4) is 0 Å². The van der Waals surface area contributed by atoms with E-state index >= 15 is 0 Å². The van der Waals surface area contributed by atoms with Crippen molar-refractivity contribution >= 4 is 22.1 Å². The van der Waals surface area contributed by atoms with Gasteiger partial charge in [-0.1, -0.05) is 98.8 Å². The molecule has 0 aromatic heterocycles. The van der Waals surface area contributed by atoms with Crippen LogP contribution in [0, 0.1) is 0 Å². The molecule has 5 aromatic carbocycles. The Labute approximate surface area is 195 Å². The van der Waals surface area contributed by atoms with E-state index in [2.05, 4.69) is 135 Å². The van der Waals surface area contributed by atoms with E-state index in [4.69, 9.17) is 0 Å². The van der Waals surface area contributed by atoms with Crippen LogP contribution in [0.1, 0.15) is 25.0 Å². The number of anilines is 2. The maximum atomic E-state index is 2.38. The highest BCUT2D eigenvalue weighted by Crippen LogP contribution is 2.50. The highest BCUT2D eigenvalue weighted by molar-refractivity contribution is 5.91. The van der Waals surface area contributed by atoms with E-state index in [0.717, 1.165) is 0 Å². The van der Waals surface area contributed by atoms with E-state index < -0.39 is 0 Å². The minimum atomic E-state index is 0.000635. The van der Waals surface area contributed by atoms with Crippen molar-refractivity contribution in [2.24, 2.45) is 0 Å². The van der Waals surface area contributed by atoms with Crippen LogP contribution in [0.5, 0.6) is 0 Å². The SMILES string of the molecule is CN(c1ccc2c(c1)C(C)(C)c1ccccc1-2)c1ccccc1-c1ccc2ccccc2c1. The van der Waals surface area contributed by atoms with Gasteiger partial charge in [-0.25, -0.2) is 0 Å². The first-order chi connectivity index (χ1) is 16.0. The molecule has 5 aromatic rings. The molecule has 0 unspecified atom stereocenters. The minimum Gasteiger partial charge on any atom is -0.344 e. The lowest BCUT2D eigenvalue weighted by Crippen LogP contribution is -2.16. The normalized spacial score (nSPS) is 13.5. The first-order valence-electron chi connectivity index (χ1n) is 11.6. The summed E-state index contributed by atoms with van der Waals surface area (Å²) in [6.07, 6.45) is 0. The average molecular weight is 426 g/mol. The summed E-state index contributed by atoms with van der Waals surface area (Å²) < 4.78 is 0. The van der Waals surface area contributed by atoms with E-state index in [1.807, 2.05) is 0 Å². The number of hydrogen-bond donors (Lipinski definition) is 0. The van der Waals surface area contributed by atoms with Crippen LogP contribution < -0.4 is 4.90 Å². The highest BCUT2D eigenvalue weighted by atomic mass is 15.1. The number of para-hydroxylation sites is 1. The number of benzene rings is 5. The Morgan fingerprint density at radius 3 is 2.06 bits per heavy atom. The first kappa shape index (κ1) is 19.8. The summed E-state index contributed by atoms with van der Waals surface area (Å²) in [5.74, 6) is 0. The summed E-state index contributed by atoms with van der Waals surface area (Å²) in [5, 5.41) is 2.54. The van der Waals surface area contributed by atoms with Crippen molar-refractivity contribution in [2.75, 3.05) is 11.9 Å². The molecule has 0 radical (unpaired) electrons. The van der Waals surface area contributed by atoms with Gasteiger partial charge in [0.1, 0.15) is 0 Å². The Balaban J connectivity index is 1.44. The molecular weight excluding hydrogens is 398 g/mol. The zero-order valence-corrected chi connectivity index (χ0v) is 19.3. The van der Waals surface area contributed by atoms with Crippen molar-refractivity contribution < 1.29 is 0 Å². The Hall–Kier alpha value is -3.84. The largest absolute Gasteiger partial charge is 0.344 e. The fraction of sp³-hybridized carbons (Fsp3) is 0.125. The van der Waals surface area contributed by atoms with Crippen molar-refractivity contribution in [1.29, 1.82) is 0 Å². The van der Waals surface area contributed by atoms with Crippen LogP contribution >= 0.6 is 0 Å². The molecule has 0 amide bonds. The molecule has 0 saturated carbocycles. The topological polar surface area (TPSA) is 3.24 Å². The van der Waals surface area contributed by atoms with Gasteiger partial charge in [-0.15, -0.1) is 0 Å². The Morgan fingerprint density at radius 1 is 0.545 bits per heavy atom. The van der Waals surface area contributed by atoms with Crippen LogP contribution in [0.2, 0.25) is 0 Å². The van der Waals surface area contributed by atoms with Gasteiger partial charge in [-0.3, -0.25) is 0 Å². The van der Waals surface area contributed by atoms with Crippen molar-refractivity contribution in [3.05, 3.63) is 120 Å². The van der Waals surface area contributed by atoms with Gasteiger partial charge in [0, 0.05) is 29.4 Å². The molecule has 0 atom stereocenters. The second-order valence-corrected chi connectivity index (χ2v) is 9.54. The maximum absolute atomic E-state index is 2.38. The molecule has 0 bridgehead atoms. The van der Waals surface area contributed by atoms with Crippen LogP contribution in [0.25, 0.3) is 33.0 Å². The molecular formula is C32H27N. The molecule has 33 heavy (non-hydrogen) atoms. The molecule has 0 spiro atoms. The van der Waals surface area contributed by atoms with Crippen molar-refractivity contribution in [2.45, 2.75) is 19.3 Å². The van der Waals surface area contributed by atoms with Crippen LogP contribution in [-0.2, 0) is 5.41 Å². The van der Waals surface area contributed by atoms with Gasteiger partial charge in [-0.05, 0) is 62.9 Å². The van der Waals surface area contributed by atoms with Crippen molar-refractivity contribution in [1.82, 2.24) is 0 Å². The predicted octanol–water partition coefficient (Wildman–Crippen LogP) is 8.58. The summed E-state index contributed by atoms with van der Waals surface area (Å²) in [6, 6.07) is 39.8. The lowest BCUT2D eigenvalue weighted by Gasteiger charge is -2.26. The zero-order valence-electron chi connectivity index (χ0n) is 19.3. The van der Waals surface area contributed by atoms with Gasteiger partial charge < -0.3 is 4.90 Å². The standard InChI is InChI=1S/C32H27N/c1-32(2)29-14-8-6-13-27(29)28-19-18-25(21-30(28)32)33(3)31-15-9-7-12-26(31)24-17-16-22-10-4-5-11-23(22)20-24/h4-21H,1-3H3. The van der Waals surface area contributed by atoms with E-state index in [1.165, 1.54) is 55.5 Å². The summed E-state index contributed by atoms with van der Waals surface area (Å²) in [5.41, 5.74) is 10.4. The highest BCUT2D eigenvalue weighted by Gasteiger charge is 2.35. The molecule has 0 fully saturated rings. The molecule has 0 aliphatic heterocycles. The molecule has 1 aliphatic rings. The predicted molar refractivity (Wildman–Crippen MR) is 141 cm³/mol. The summed E-state index contributed by atoms with van der Waals surface area (Å²) in [7, 11) is 2.18. The summed E-state index contributed by atoms with van der Waals surface area (Å²) in [6.45, 7) is 4.68. The van der Waals surface area contributed by atoms with E-state index in [1.54, 1.807) is 0 Å². The molecule has 1 nitrogen and oxygen atoms in total. The van der Waals surface area contributed by atoms with Crippen molar-refractivity contribution in [3.63, 3.8) is 0 Å². The molecule has 1 heteroatoms. The third-order valence-corrected chi connectivity index (χ3v) is 7.28. The third kappa shape index (κ3) is 3.08. The second kappa shape index (κ2) is 7.35. The van der Waals surface area contributed by atoms with E-state index in [0.29, 0.717) is 0 Å². The Bertz CT molecular complexity index is 1510. The van der Waals surface area contributed by atoms with Crippen LogP contribution in [0.4, 0.5) is 11.4 Å². The van der Waals surface area contributed by atoms with Crippen molar-refractivity contribution in [3.8, 4) is 22.3 Å². The molecule has 0 heterocycles. The zero-order chi connectivity index (χ0) is 22.6. The summed E-state index contributed by atoms with van der Waals surface area (Å²) in [4.78, 5) is 2.32. The molecule has 0 saturated heterocycles. The molecule has 0 N–H and O–H groups in total. The Kier molecular flexibility index (Phi) is 4.41. The molecule has 1 aliphatic carbocycles. The second-order valence-electron chi connectivity index (χ2n) is 9.54. The lowest BCUT2D eigenvalue weighted by molar-refractivity contribution is 0.660. The first-order valence-corrected chi connectivity index (χ1v) is 11.6. The molecule has 160 valence electrons. The Morgan fingerprint density at radius 2 is 1.21 bits per heavy atom. The monoisotopic (exact) mass is 425 g/mol. The smallest absolute Gasteiger partial charge is 0.0487 e. The third-order valence-electron chi connectivity index (χ3n) is 7.28. The van der Waals surface area contributed by atoms with Gasteiger partial charge in [0.15, 0.2) is 0 Å². The number of rotatable bonds is 3. The number of fused-ring (bicyclic) bond motifs is 4. The van der Waals surface area contributed by atoms with Gasteiger partial charge in [-0.2, -0.15) is 0 Å². The van der Waals surface area contributed by atoms with E-state index in [9.17, 15) is 0 Å².